The molecule has 0 radical (unpaired) electrons. The van der Waals surface area contributed by atoms with Crippen molar-refractivity contribution in [2.45, 2.75) is 45.1 Å². The van der Waals surface area contributed by atoms with Gasteiger partial charge in [0.25, 0.3) is 0 Å². The van der Waals surface area contributed by atoms with E-state index in [1.165, 1.54) is 6.42 Å². The summed E-state index contributed by atoms with van der Waals surface area (Å²) in [7, 11) is 0. The van der Waals surface area contributed by atoms with Crippen molar-refractivity contribution in [3.63, 3.8) is 0 Å². The molecule has 0 amide bonds. The van der Waals surface area contributed by atoms with Gasteiger partial charge in [-0.05, 0) is 38.3 Å². The number of rotatable bonds is 3. The van der Waals surface area contributed by atoms with Crippen molar-refractivity contribution in [3.8, 4) is 0 Å². The van der Waals surface area contributed by atoms with Crippen LogP contribution in [0, 0.1) is 5.92 Å². The third-order valence-corrected chi connectivity index (χ3v) is 2.76. The second kappa shape index (κ2) is 3.13. The first-order valence-electron chi connectivity index (χ1n) is 5.27. The summed E-state index contributed by atoms with van der Waals surface area (Å²) < 4.78 is 5.69. The second-order valence-corrected chi connectivity index (χ2v) is 5.11. The molecule has 0 bridgehead atoms. The predicted molar refractivity (Wildman–Crippen MR) is 55.2 cm³/mol. The molecule has 1 aromatic rings. The summed E-state index contributed by atoms with van der Waals surface area (Å²) in [6.07, 6.45) is 1.84. The highest BCUT2D eigenvalue weighted by molar-refractivity contribution is 5.18. The maximum Gasteiger partial charge on any atom is 0.107 e. The Bertz CT molecular complexity index is 319. The van der Waals surface area contributed by atoms with Gasteiger partial charge in [0.2, 0.25) is 0 Å². The van der Waals surface area contributed by atoms with Gasteiger partial charge in [-0.1, -0.05) is 6.92 Å². The van der Waals surface area contributed by atoms with Gasteiger partial charge in [-0.3, -0.25) is 0 Å². The fourth-order valence-electron chi connectivity index (χ4n) is 1.83. The molecule has 2 heteroatoms. The minimum Gasteiger partial charge on any atom is -0.466 e. The van der Waals surface area contributed by atoms with Crippen LogP contribution in [0.2, 0.25) is 0 Å². The maximum atomic E-state index is 9.63. The van der Waals surface area contributed by atoms with Gasteiger partial charge in [-0.25, -0.2) is 0 Å². The van der Waals surface area contributed by atoms with Gasteiger partial charge in [-0.2, -0.15) is 0 Å². The van der Waals surface area contributed by atoms with Crippen molar-refractivity contribution in [3.05, 3.63) is 23.7 Å². The lowest BCUT2D eigenvalue weighted by Gasteiger charge is -2.14. The minimum atomic E-state index is -0.676. The fraction of sp³-hybridized carbons (Fsp3) is 0.667. The smallest absolute Gasteiger partial charge is 0.107 e. The Morgan fingerprint density at radius 3 is 2.64 bits per heavy atom. The summed E-state index contributed by atoms with van der Waals surface area (Å²) in [6.45, 7) is 5.84. The highest BCUT2D eigenvalue weighted by Crippen LogP contribution is 2.47. The summed E-state index contributed by atoms with van der Waals surface area (Å²) in [4.78, 5) is 0. The van der Waals surface area contributed by atoms with Gasteiger partial charge >= 0.3 is 0 Å². The molecule has 1 aliphatic rings. The van der Waals surface area contributed by atoms with Crippen LogP contribution in [0.4, 0.5) is 0 Å². The van der Waals surface area contributed by atoms with E-state index in [1.807, 2.05) is 6.07 Å². The molecule has 0 aliphatic heterocycles. The Hall–Kier alpha value is -0.760. The zero-order chi connectivity index (χ0) is 10.3. The lowest BCUT2D eigenvalue weighted by molar-refractivity contribution is 0.0749. The predicted octanol–water partition coefficient (Wildman–Crippen LogP) is 2.72. The average molecular weight is 194 g/mol. The molecule has 1 aromatic heterocycles. The van der Waals surface area contributed by atoms with E-state index in [-0.39, 0.29) is 0 Å². The Balaban J connectivity index is 2.03. The number of aliphatic hydroxyl groups is 1. The van der Waals surface area contributed by atoms with Crippen LogP contribution in [0.5, 0.6) is 0 Å². The van der Waals surface area contributed by atoms with E-state index in [4.69, 9.17) is 4.42 Å². The molecule has 1 aliphatic carbocycles. The molecule has 1 fully saturated rings. The van der Waals surface area contributed by atoms with E-state index in [9.17, 15) is 5.11 Å². The van der Waals surface area contributed by atoms with Crippen LogP contribution in [0.1, 0.15) is 44.6 Å². The summed E-state index contributed by atoms with van der Waals surface area (Å²) >= 11 is 0. The van der Waals surface area contributed by atoms with Gasteiger partial charge in [0, 0.05) is 12.3 Å². The third-order valence-electron chi connectivity index (χ3n) is 2.76. The first-order chi connectivity index (χ1) is 6.46. The molecule has 1 heterocycles. The monoisotopic (exact) mass is 194 g/mol. The molecular formula is C12H18O2. The zero-order valence-electron chi connectivity index (χ0n) is 9.08. The van der Waals surface area contributed by atoms with Crippen LogP contribution in [0.3, 0.4) is 0 Å². The van der Waals surface area contributed by atoms with Crippen molar-refractivity contribution in [2.75, 3.05) is 0 Å². The van der Waals surface area contributed by atoms with E-state index >= 15 is 0 Å². The van der Waals surface area contributed by atoms with Crippen LogP contribution in [-0.4, -0.2) is 10.7 Å². The Labute approximate surface area is 84.9 Å². The molecule has 0 spiro atoms. The van der Waals surface area contributed by atoms with Gasteiger partial charge in [0.05, 0.1) is 5.60 Å². The lowest BCUT2D eigenvalue weighted by atomic mass is 10.0. The van der Waals surface area contributed by atoms with Crippen molar-refractivity contribution in [1.82, 2.24) is 0 Å². The Morgan fingerprint density at radius 2 is 2.14 bits per heavy atom. The quantitative estimate of drug-likeness (QED) is 0.802. The molecule has 2 unspecified atom stereocenters. The van der Waals surface area contributed by atoms with Crippen molar-refractivity contribution in [2.24, 2.45) is 5.92 Å². The summed E-state index contributed by atoms with van der Waals surface area (Å²) in [5.74, 6) is 3.39. The minimum absolute atomic E-state index is 0.591. The Morgan fingerprint density at radius 1 is 1.50 bits per heavy atom. The third kappa shape index (κ3) is 2.18. The number of hydrogen-bond donors (Lipinski definition) is 1. The highest BCUT2D eigenvalue weighted by atomic mass is 16.3. The van der Waals surface area contributed by atoms with Gasteiger partial charge in [0.1, 0.15) is 11.5 Å². The molecule has 2 atom stereocenters. The molecule has 2 rings (SSSR count). The number of furan rings is 1. The van der Waals surface area contributed by atoms with Crippen LogP contribution >= 0.6 is 0 Å². The number of hydrogen-bond acceptors (Lipinski definition) is 2. The van der Waals surface area contributed by atoms with E-state index in [0.29, 0.717) is 12.3 Å². The molecule has 0 aromatic carbocycles. The van der Waals surface area contributed by atoms with Gasteiger partial charge in [0.15, 0.2) is 0 Å². The van der Waals surface area contributed by atoms with Crippen LogP contribution in [-0.2, 0) is 6.42 Å². The normalized spacial score (nSPS) is 26.6. The first kappa shape index (κ1) is 9.78. The zero-order valence-corrected chi connectivity index (χ0v) is 9.08. The maximum absolute atomic E-state index is 9.63. The van der Waals surface area contributed by atoms with Gasteiger partial charge in [-0.15, -0.1) is 0 Å². The van der Waals surface area contributed by atoms with E-state index in [2.05, 4.69) is 13.0 Å². The first-order valence-corrected chi connectivity index (χ1v) is 5.27. The average Bonchev–Trinajstić information content (AvgIpc) is 2.58. The lowest BCUT2D eigenvalue weighted by Crippen LogP contribution is -2.21. The van der Waals surface area contributed by atoms with Crippen LogP contribution in [0.25, 0.3) is 0 Å². The SMILES string of the molecule is CC1CC1c1ccc(CC(C)(C)O)o1. The summed E-state index contributed by atoms with van der Waals surface area (Å²) in [5.41, 5.74) is -0.676. The van der Waals surface area contributed by atoms with Crippen molar-refractivity contribution < 1.29 is 9.52 Å². The van der Waals surface area contributed by atoms with E-state index in [0.717, 1.165) is 17.4 Å². The standard InChI is InChI=1S/C12H18O2/c1-8-6-10(8)11-5-4-9(14-11)7-12(2,3)13/h4-5,8,10,13H,6-7H2,1-3H3. The molecule has 2 nitrogen and oxygen atoms in total. The molecule has 78 valence electrons. The molecule has 0 saturated heterocycles. The van der Waals surface area contributed by atoms with Gasteiger partial charge < -0.3 is 9.52 Å². The van der Waals surface area contributed by atoms with Crippen molar-refractivity contribution in [1.29, 1.82) is 0 Å². The van der Waals surface area contributed by atoms with Crippen LogP contribution < -0.4 is 0 Å². The molecule has 14 heavy (non-hydrogen) atoms. The Kier molecular flexibility index (Phi) is 2.18. The second-order valence-electron chi connectivity index (χ2n) is 5.11. The summed E-state index contributed by atoms with van der Waals surface area (Å²) in [5, 5.41) is 9.63. The molecule has 1 saturated carbocycles. The highest BCUT2D eigenvalue weighted by Gasteiger charge is 2.36. The van der Waals surface area contributed by atoms with Crippen LogP contribution in [0.15, 0.2) is 16.5 Å². The largest absolute Gasteiger partial charge is 0.466 e. The summed E-state index contributed by atoms with van der Waals surface area (Å²) in [6, 6.07) is 4.04. The molecule has 1 N–H and O–H groups in total. The van der Waals surface area contributed by atoms with E-state index in [1.54, 1.807) is 13.8 Å². The topological polar surface area (TPSA) is 33.4 Å². The fourth-order valence-corrected chi connectivity index (χ4v) is 1.83. The molecular weight excluding hydrogens is 176 g/mol. The van der Waals surface area contributed by atoms with E-state index < -0.39 is 5.60 Å². The van der Waals surface area contributed by atoms with Crippen molar-refractivity contribution >= 4 is 0 Å².